The lowest BCUT2D eigenvalue weighted by Gasteiger charge is -2.37. The highest BCUT2D eigenvalue weighted by atomic mass is 16.5. The summed E-state index contributed by atoms with van der Waals surface area (Å²) in [5.74, 6) is 0.0865. The third-order valence-corrected chi connectivity index (χ3v) is 4.78. The van der Waals surface area contributed by atoms with Gasteiger partial charge in [0.05, 0.1) is 24.4 Å². The van der Waals surface area contributed by atoms with Gasteiger partial charge in [-0.2, -0.15) is 0 Å². The fraction of sp³-hybridized carbons (Fsp3) is 0.941. The number of rotatable bonds is 6. The Morgan fingerprint density at radius 2 is 2.05 bits per heavy atom. The van der Waals surface area contributed by atoms with E-state index in [1.165, 1.54) is 12.8 Å². The number of carbonyl (C=O) groups is 1. The summed E-state index contributed by atoms with van der Waals surface area (Å²) in [5.41, 5.74) is 5.43. The quantitative estimate of drug-likeness (QED) is 0.815. The topological polar surface area (TPSA) is 64.8 Å². The fourth-order valence-corrected chi connectivity index (χ4v) is 3.40. The van der Waals surface area contributed by atoms with E-state index < -0.39 is 5.54 Å². The van der Waals surface area contributed by atoms with Gasteiger partial charge in [0, 0.05) is 19.7 Å². The predicted molar refractivity (Wildman–Crippen MR) is 86.6 cm³/mol. The molecule has 2 aliphatic rings. The average Bonchev–Trinajstić information content (AvgIpc) is 2.54. The normalized spacial score (nSPS) is 26.7. The Bertz CT molecular complexity index is 346. The molecule has 2 atom stereocenters. The first-order valence-electron chi connectivity index (χ1n) is 8.84. The number of amides is 1. The molecule has 5 nitrogen and oxygen atoms in total. The van der Waals surface area contributed by atoms with E-state index in [0.29, 0.717) is 6.61 Å². The van der Waals surface area contributed by atoms with Gasteiger partial charge in [0.2, 0.25) is 5.91 Å². The van der Waals surface area contributed by atoms with Crippen LogP contribution < -0.4 is 5.73 Å². The second-order valence-electron chi connectivity index (χ2n) is 6.98. The van der Waals surface area contributed by atoms with Gasteiger partial charge >= 0.3 is 0 Å². The van der Waals surface area contributed by atoms with Crippen LogP contribution in [0.3, 0.4) is 0 Å². The standard InChI is InChI=1S/C17H32N2O3/c1-3-9-17(2,18)16(20)19-10-7-14(8-11-19)22-13-15-6-4-5-12-21-15/h14-15H,3-13,18H2,1-2H3. The summed E-state index contributed by atoms with van der Waals surface area (Å²) in [5, 5.41) is 0. The van der Waals surface area contributed by atoms with Gasteiger partial charge in [0.15, 0.2) is 0 Å². The Balaban J connectivity index is 1.69. The smallest absolute Gasteiger partial charge is 0.242 e. The fourth-order valence-electron chi connectivity index (χ4n) is 3.40. The van der Waals surface area contributed by atoms with Crippen molar-refractivity contribution in [2.75, 3.05) is 26.3 Å². The largest absolute Gasteiger partial charge is 0.376 e. The summed E-state index contributed by atoms with van der Waals surface area (Å²) in [6.07, 6.45) is 7.53. The van der Waals surface area contributed by atoms with E-state index in [4.69, 9.17) is 15.2 Å². The second-order valence-corrected chi connectivity index (χ2v) is 6.98. The maximum absolute atomic E-state index is 12.5. The molecule has 2 saturated heterocycles. The Kier molecular flexibility index (Phi) is 6.66. The van der Waals surface area contributed by atoms with Gasteiger partial charge in [-0.3, -0.25) is 4.79 Å². The summed E-state index contributed by atoms with van der Waals surface area (Å²) >= 11 is 0. The minimum Gasteiger partial charge on any atom is -0.376 e. The molecule has 1 amide bonds. The Labute approximate surface area is 134 Å². The number of likely N-dealkylation sites (tertiary alicyclic amines) is 1. The minimum absolute atomic E-state index is 0.0865. The first-order valence-corrected chi connectivity index (χ1v) is 8.84. The van der Waals surface area contributed by atoms with Gasteiger partial charge in [-0.1, -0.05) is 13.3 Å². The molecule has 2 unspecified atom stereocenters. The molecular weight excluding hydrogens is 280 g/mol. The van der Waals surface area contributed by atoms with Crippen LogP contribution in [0.5, 0.6) is 0 Å². The number of piperidine rings is 1. The molecule has 0 radical (unpaired) electrons. The highest BCUT2D eigenvalue weighted by Crippen LogP contribution is 2.20. The van der Waals surface area contributed by atoms with Gasteiger partial charge < -0.3 is 20.1 Å². The summed E-state index contributed by atoms with van der Waals surface area (Å²) in [7, 11) is 0. The van der Waals surface area contributed by atoms with E-state index in [1.807, 2.05) is 11.8 Å². The highest BCUT2D eigenvalue weighted by molar-refractivity contribution is 5.85. The van der Waals surface area contributed by atoms with Crippen LogP contribution in [0.4, 0.5) is 0 Å². The second kappa shape index (κ2) is 8.27. The van der Waals surface area contributed by atoms with Crippen molar-refractivity contribution in [3.8, 4) is 0 Å². The lowest BCUT2D eigenvalue weighted by atomic mass is 9.94. The van der Waals surface area contributed by atoms with Crippen molar-refractivity contribution in [2.45, 2.75) is 76.5 Å². The molecule has 0 aliphatic carbocycles. The molecule has 2 aliphatic heterocycles. The van der Waals surface area contributed by atoms with Gasteiger partial charge in [0.25, 0.3) is 0 Å². The molecule has 5 heteroatoms. The lowest BCUT2D eigenvalue weighted by molar-refractivity contribution is -0.140. The van der Waals surface area contributed by atoms with Crippen LogP contribution in [0.1, 0.15) is 58.8 Å². The third kappa shape index (κ3) is 4.93. The van der Waals surface area contributed by atoms with Crippen LogP contribution in [0.2, 0.25) is 0 Å². The predicted octanol–water partition coefficient (Wildman–Crippen LogP) is 2.08. The van der Waals surface area contributed by atoms with Gasteiger partial charge in [-0.15, -0.1) is 0 Å². The van der Waals surface area contributed by atoms with Crippen molar-refractivity contribution in [2.24, 2.45) is 5.73 Å². The molecule has 0 aromatic heterocycles. The van der Waals surface area contributed by atoms with E-state index in [9.17, 15) is 4.79 Å². The number of ether oxygens (including phenoxy) is 2. The van der Waals surface area contributed by atoms with Crippen LogP contribution in [0.15, 0.2) is 0 Å². The SMILES string of the molecule is CCCC(C)(N)C(=O)N1CCC(OCC2CCCCO2)CC1. The van der Waals surface area contributed by atoms with E-state index in [0.717, 1.165) is 51.8 Å². The summed E-state index contributed by atoms with van der Waals surface area (Å²) in [6.45, 7) is 6.99. The molecule has 128 valence electrons. The maximum Gasteiger partial charge on any atom is 0.242 e. The van der Waals surface area contributed by atoms with E-state index >= 15 is 0 Å². The van der Waals surface area contributed by atoms with Crippen LogP contribution in [0, 0.1) is 0 Å². The Morgan fingerprint density at radius 3 is 2.64 bits per heavy atom. The molecule has 0 aromatic carbocycles. The molecule has 2 heterocycles. The monoisotopic (exact) mass is 312 g/mol. The molecule has 0 aromatic rings. The molecule has 2 fully saturated rings. The molecular formula is C17H32N2O3. The zero-order valence-electron chi connectivity index (χ0n) is 14.2. The molecule has 22 heavy (non-hydrogen) atoms. The maximum atomic E-state index is 12.5. The average molecular weight is 312 g/mol. The number of hydrogen-bond donors (Lipinski definition) is 1. The first-order chi connectivity index (χ1) is 10.5. The molecule has 2 N–H and O–H groups in total. The summed E-state index contributed by atoms with van der Waals surface area (Å²) in [4.78, 5) is 14.4. The van der Waals surface area contributed by atoms with Crippen LogP contribution in [0.25, 0.3) is 0 Å². The van der Waals surface area contributed by atoms with Gasteiger partial charge in [-0.25, -0.2) is 0 Å². The Hall–Kier alpha value is -0.650. The summed E-state index contributed by atoms with van der Waals surface area (Å²) < 4.78 is 11.7. The zero-order chi connectivity index (χ0) is 16.0. The van der Waals surface area contributed by atoms with Crippen LogP contribution >= 0.6 is 0 Å². The van der Waals surface area contributed by atoms with Crippen LogP contribution in [-0.2, 0) is 14.3 Å². The molecule has 0 saturated carbocycles. The minimum atomic E-state index is -0.724. The van der Waals surface area contributed by atoms with E-state index in [2.05, 4.69) is 6.92 Å². The van der Waals surface area contributed by atoms with Crippen LogP contribution in [-0.4, -0.2) is 54.9 Å². The number of nitrogens with two attached hydrogens (primary N) is 1. The summed E-state index contributed by atoms with van der Waals surface area (Å²) in [6, 6.07) is 0. The number of carbonyl (C=O) groups excluding carboxylic acids is 1. The highest BCUT2D eigenvalue weighted by Gasteiger charge is 2.34. The van der Waals surface area contributed by atoms with Crippen molar-refractivity contribution in [3.63, 3.8) is 0 Å². The van der Waals surface area contributed by atoms with E-state index in [-0.39, 0.29) is 18.1 Å². The zero-order valence-corrected chi connectivity index (χ0v) is 14.2. The lowest BCUT2D eigenvalue weighted by Crippen LogP contribution is -2.55. The Morgan fingerprint density at radius 1 is 1.32 bits per heavy atom. The van der Waals surface area contributed by atoms with Crippen molar-refractivity contribution in [1.82, 2.24) is 4.90 Å². The first kappa shape index (κ1) is 17.7. The number of nitrogens with zero attached hydrogens (tertiary/aromatic N) is 1. The van der Waals surface area contributed by atoms with Crippen molar-refractivity contribution >= 4 is 5.91 Å². The van der Waals surface area contributed by atoms with Gasteiger partial charge in [-0.05, 0) is 45.4 Å². The van der Waals surface area contributed by atoms with Crippen molar-refractivity contribution in [3.05, 3.63) is 0 Å². The number of hydrogen-bond acceptors (Lipinski definition) is 4. The van der Waals surface area contributed by atoms with Gasteiger partial charge in [0.1, 0.15) is 0 Å². The molecule has 2 rings (SSSR count). The van der Waals surface area contributed by atoms with Crippen molar-refractivity contribution in [1.29, 1.82) is 0 Å². The van der Waals surface area contributed by atoms with Crippen molar-refractivity contribution < 1.29 is 14.3 Å². The van der Waals surface area contributed by atoms with E-state index in [1.54, 1.807) is 0 Å². The third-order valence-electron chi connectivity index (χ3n) is 4.78. The molecule has 0 bridgehead atoms. The molecule has 0 spiro atoms.